The Morgan fingerprint density at radius 3 is 2.79 bits per heavy atom. The van der Waals surface area contributed by atoms with Crippen molar-refractivity contribution in [2.24, 2.45) is 5.73 Å². The number of rotatable bonds is 2. The molecule has 0 bridgehead atoms. The Morgan fingerprint density at radius 2 is 2.00 bits per heavy atom. The van der Waals surface area contributed by atoms with Gasteiger partial charge in [-0.2, -0.15) is 10.2 Å². The zero-order chi connectivity index (χ0) is 13.4. The molecule has 0 unspecified atom stereocenters. The first-order valence-corrected chi connectivity index (χ1v) is 6.30. The van der Waals surface area contributed by atoms with E-state index in [1.54, 1.807) is 0 Å². The molecular formula is C15H16N4. The Bertz CT molecular complexity index is 743. The average molecular weight is 252 g/mol. The summed E-state index contributed by atoms with van der Waals surface area (Å²) in [6.45, 7) is 4.51. The maximum atomic E-state index is 5.72. The molecule has 0 atom stereocenters. The van der Waals surface area contributed by atoms with Crippen molar-refractivity contribution in [3.8, 4) is 11.3 Å². The number of aromatic nitrogens is 3. The van der Waals surface area contributed by atoms with Gasteiger partial charge in [0.05, 0.1) is 11.4 Å². The lowest BCUT2D eigenvalue weighted by Gasteiger charge is -2.05. The van der Waals surface area contributed by atoms with Crippen LogP contribution in [0.1, 0.15) is 16.8 Å². The van der Waals surface area contributed by atoms with Gasteiger partial charge in [-0.15, -0.1) is 0 Å². The molecule has 2 aromatic heterocycles. The molecule has 3 aromatic rings. The summed E-state index contributed by atoms with van der Waals surface area (Å²) in [4.78, 5) is 3.24. The molecule has 0 fully saturated rings. The van der Waals surface area contributed by atoms with Crippen LogP contribution in [-0.4, -0.2) is 15.2 Å². The number of H-pyrrole nitrogens is 1. The number of aromatic amines is 1. The van der Waals surface area contributed by atoms with E-state index in [9.17, 15) is 0 Å². The van der Waals surface area contributed by atoms with Gasteiger partial charge >= 0.3 is 0 Å². The summed E-state index contributed by atoms with van der Waals surface area (Å²) in [7, 11) is 0. The monoisotopic (exact) mass is 252 g/mol. The Kier molecular flexibility index (Phi) is 2.80. The molecule has 0 amide bonds. The summed E-state index contributed by atoms with van der Waals surface area (Å²) in [5.41, 5.74) is 12.0. The van der Waals surface area contributed by atoms with Crippen molar-refractivity contribution in [3.05, 3.63) is 47.3 Å². The van der Waals surface area contributed by atoms with E-state index in [-0.39, 0.29) is 0 Å². The van der Waals surface area contributed by atoms with Gasteiger partial charge in [-0.25, -0.2) is 0 Å². The number of hydrogen-bond donors (Lipinski definition) is 2. The molecule has 0 radical (unpaired) electrons. The Hall–Kier alpha value is -2.20. The van der Waals surface area contributed by atoms with Crippen LogP contribution >= 0.6 is 0 Å². The molecule has 0 saturated heterocycles. The van der Waals surface area contributed by atoms with E-state index >= 15 is 0 Å². The summed E-state index contributed by atoms with van der Waals surface area (Å²) in [5, 5.41) is 9.66. The van der Waals surface area contributed by atoms with Crippen LogP contribution in [0.5, 0.6) is 0 Å². The summed E-state index contributed by atoms with van der Waals surface area (Å²) in [6, 6.07) is 8.28. The highest BCUT2D eigenvalue weighted by Crippen LogP contribution is 2.25. The van der Waals surface area contributed by atoms with Gasteiger partial charge in [0.1, 0.15) is 0 Å². The molecule has 4 nitrogen and oxygen atoms in total. The number of nitrogens with one attached hydrogen (secondary N) is 1. The number of nitrogens with two attached hydrogens (primary N) is 1. The first-order chi connectivity index (χ1) is 9.19. The molecule has 3 rings (SSSR count). The van der Waals surface area contributed by atoms with Gasteiger partial charge < -0.3 is 10.7 Å². The van der Waals surface area contributed by atoms with Crippen molar-refractivity contribution in [2.75, 3.05) is 0 Å². The van der Waals surface area contributed by atoms with Crippen molar-refractivity contribution in [1.82, 2.24) is 15.2 Å². The minimum Gasteiger partial charge on any atom is -0.361 e. The van der Waals surface area contributed by atoms with Crippen molar-refractivity contribution in [2.45, 2.75) is 20.4 Å². The Balaban J connectivity index is 2.15. The maximum absolute atomic E-state index is 5.72. The first kappa shape index (κ1) is 11.9. The number of nitrogens with zero attached hydrogens (tertiary/aromatic N) is 2. The largest absolute Gasteiger partial charge is 0.361 e. The van der Waals surface area contributed by atoms with Crippen molar-refractivity contribution >= 4 is 10.9 Å². The summed E-state index contributed by atoms with van der Waals surface area (Å²) in [6.07, 6.45) is 2.01. The molecule has 1 aromatic carbocycles. The molecule has 0 aliphatic rings. The highest BCUT2D eigenvalue weighted by atomic mass is 15.1. The molecule has 0 spiro atoms. The second kappa shape index (κ2) is 4.48. The van der Waals surface area contributed by atoms with Crippen LogP contribution in [0.4, 0.5) is 0 Å². The highest BCUT2D eigenvalue weighted by molar-refractivity contribution is 5.87. The van der Waals surface area contributed by atoms with E-state index in [2.05, 4.69) is 40.3 Å². The fraction of sp³-hybridized carbons (Fsp3) is 0.200. The zero-order valence-electron chi connectivity index (χ0n) is 11.1. The fourth-order valence-corrected chi connectivity index (χ4v) is 2.26. The van der Waals surface area contributed by atoms with Crippen LogP contribution in [0.15, 0.2) is 30.5 Å². The normalized spacial score (nSPS) is 11.1. The van der Waals surface area contributed by atoms with Crippen LogP contribution in [0, 0.1) is 13.8 Å². The second-order valence-corrected chi connectivity index (χ2v) is 4.78. The highest BCUT2D eigenvalue weighted by Gasteiger charge is 2.07. The van der Waals surface area contributed by atoms with Gasteiger partial charge in [-0.1, -0.05) is 6.07 Å². The van der Waals surface area contributed by atoms with E-state index < -0.39 is 0 Å². The predicted octanol–water partition coefficient (Wildman–Crippen LogP) is 2.70. The third-order valence-electron chi connectivity index (χ3n) is 3.49. The first-order valence-electron chi connectivity index (χ1n) is 6.30. The van der Waals surface area contributed by atoms with Crippen LogP contribution < -0.4 is 5.73 Å². The molecule has 2 heterocycles. The third-order valence-corrected chi connectivity index (χ3v) is 3.49. The molecule has 96 valence electrons. The van der Waals surface area contributed by atoms with E-state index in [1.807, 2.05) is 19.2 Å². The number of aryl methyl sites for hydroxylation is 2. The minimum absolute atomic E-state index is 0.486. The Labute approximate surface area is 111 Å². The smallest absolute Gasteiger partial charge is 0.0933 e. The summed E-state index contributed by atoms with van der Waals surface area (Å²) in [5.74, 6) is 0. The van der Waals surface area contributed by atoms with Gasteiger partial charge in [-0.05, 0) is 43.2 Å². The molecule has 0 aliphatic carbocycles. The zero-order valence-corrected chi connectivity index (χ0v) is 11.1. The minimum atomic E-state index is 0.486. The fourth-order valence-electron chi connectivity index (χ4n) is 2.26. The van der Waals surface area contributed by atoms with Gasteiger partial charge in [0.2, 0.25) is 0 Å². The number of hydrogen-bond acceptors (Lipinski definition) is 3. The van der Waals surface area contributed by atoms with Crippen LogP contribution in [0.25, 0.3) is 22.2 Å². The van der Waals surface area contributed by atoms with Gasteiger partial charge in [0.25, 0.3) is 0 Å². The van der Waals surface area contributed by atoms with Crippen molar-refractivity contribution < 1.29 is 0 Å². The maximum Gasteiger partial charge on any atom is 0.0933 e. The number of fused-ring (bicyclic) bond motifs is 1. The lowest BCUT2D eigenvalue weighted by molar-refractivity contribution is 0.924. The summed E-state index contributed by atoms with van der Waals surface area (Å²) >= 11 is 0. The van der Waals surface area contributed by atoms with E-state index in [1.165, 1.54) is 10.9 Å². The van der Waals surface area contributed by atoms with E-state index in [0.717, 1.165) is 28.0 Å². The topological polar surface area (TPSA) is 67.6 Å². The summed E-state index contributed by atoms with van der Waals surface area (Å²) < 4.78 is 0. The SMILES string of the molecule is Cc1nnc(-c2ccc3[nH]cc(C)c3c2)cc1CN. The van der Waals surface area contributed by atoms with Gasteiger partial charge in [0, 0.05) is 29.2 Å². The molecule has 4 heteroatoms. The second-order valence-electron chi connectivity index (χ2n) is 4.78. The quantitative estimate of drug-likeness (QED) is 0.736. The Morgan fingerprint density at radius 1 is 1.16 bits per heavy atom. The van der Waals surface area contributed by atoms with Gasteiger partial charge in [0.15, 0.2) is 0 Å². The van der Waals surface area contributed by atoms with E-state index in [0.29, 0.717) is 6.54 Å². The van der Waals surface area contributed by atoms with Crippen LogP contribution in [0.2, 0.25) is 0 Å². The van der Waals surface area contributed by atoms with Crippen molar-refractivity contribution in [3.63, 3.8) is 0 Å². The molecule has 0 aliphatic heterocycles. The van der Waals surface area contributed by atoms with Crippen LogP contribution in [0.3, 0.4) is 0 Å². The standard InChI is InChI=1S/C15H16N4/c1-9-8-17-14-4-3-11(5-13(9)14)15-6-12(7-16)10(2)18-19-15/h3-6,8,17H,7,16H2,1-2H3. The molecule has 0 saturated carbocycles. The van der Waals surface area contributed by atoms with E-state index in [4.69, 9.17) is 5.73 Å². The lowest BCUT2D eigenvalue weighted by Crippen LogP contribution is -2.03. The molecular weight excluding hydrogens is 236 g/mol. The average Bonchev–Trinajstić information content (AvgIpc) is 2.80. The predicted molar refractivity (Wildman–Crippen MR) is 76.7 cm³/mol. The van der Waals surface area contributed by atoms with Crippen LogP contribution in [-0.2, 0) is 6.54 Å². The third kappa shape index (κ3) is 2.00. The molecule has 3 N–H and O–H groups in total. The van der Waals surface area contributed by atoms with Crippen molar-refractivity contribution in [1.29, 1.82) is 0 Å². The molecule has 19 heavy (non-hydrogen) atoms. The lowest BCUT2D eigenvalue weighted by atomic mass is 10.1. The van der Waals surface area contributed by atoms with Gasteiger partial charge in [-0.3, -0.25) is 0 Å². The number of benzene rings is 1.